The molecule has 1 aliphatic rings. The van der Waals surface area contributed by atoms with Crippen molar-refractivity contribution in [3.8, 4) is 0 Å². The molecule has 0 aliphatic carbocycles. The third-order valence-electron chi connectivity index (χ3n) is 2.81. The van der Waals surface area contributed by atoms with Gasteiger partial charge in [0.05, 0.1) is 0 Å². The molecule has 0 radical (unpaired) electrons. The van der Waals surface area contributed by atoms with Gasteiger partial charge in [0.25, 0.3) is 0 Å². The fourth-order valence-corrected chi connectivity index (χ4v) is 2.08. The fraction of sp³-hybridized carbons (Fsp3) is 0.727. The van der Waals surface area contributed by atoms with Crippen LogP contribution in [-0.4, -0.2) is 15.6 Å². The van der Waals surface area contributed by atoms with Crippen LogP contribution >= 0.6 is 0 Å². The summed E-state index contributed by atoms with van der Waals surface area (Å²) in [7, 11) is 0. The van der Waals surface area contributed by atoms with Crippen molar-refractivity contribution >= 4 is 0 Å². The largest absolute Gasteiger partial charge is 0.332 e. The van der Waals surface area contributed by atoms with Crippen LogP contribution in [0.5, 0.6) is 0 Å². The number of rotatable bonds is 2. The second-order valence-electron chi connectivity index (χ2n) is 4.67. The molecule has 0 fully saturated rings. The van der Waals surface area contributed by atoms with Crippen LogP contribution in [0, 0.1) is 5.92 Å². The van der Waals surface area contributed by atoms with E-state index in [0.29, 0.717) is 12.0 Å². The molecule has 2 rings (SSSR count). The van der Waals surface area contributed by atoms with Gasteiger partial charge in [0.1, 0.15) is 5.82 Å². The normalized spacial score (nSPS) is 21.3. The molecule has 2 N–H and O–H groups in total. The van der Waals surface area contributed by atoms with Crippen LogP contribution in [0.2, 0.25) is 0 Å². The lowest BCUT2D eigenvalue weighted by Gasteiger charge is -2.22. The van der Waals surface area contributed by atoms with E-state index in [-0.39, 0.29) is 0 Å². The molecule has 3 heteroatoms. The lowest BCUT2D eigenvalue weighted by molar-refractivity contribution is 0.451. The zero-order chi connectivity index (χ0) is 10.1. The Morgan fingerprint density at radius 3 is 3.14 bits per heavy atom. The Labute approximate surface area is 85.3 Å². The van der Waals surface area contributed by atoms with Crippen LogP contribution < -0.4 is 5.73 Å². The Morgan fingerprint density at radius 2 is 2.43 bits per heavy atom. The minimum atomic E-state index is 0.339. The van der Waals surface area contributed by atoms with E-state index in [0.717, 1.165) is 25.8 Å². The van der Waals surface area contributed by atoms with Crippen LogP contribution in [-0.2, 0) is 19.4 Å². The topological polar surface area (TPSA) is 43.8 Å². The third kappa shape index (κ3) is 1.82. The molecule has 3 nitrogen and oxygen atoms in total. The summed E-state index contributed by atoms with van der Waals surface area (Å²) < 4.78 is 2.35. The minimum Gasteiger partial charge on any atom is -0.332 e. The Morgan fingerprint density at radius 1 is 1.64 bits per heavy atom. The van der Waals surface area contributed by atoms with Crippen molar-refractivity contribution in [1.82, 2.24) is 9.55 Å². The molecule has 0 aromatic carbocycles. The van der Waals surface area contributed by atoms with Crippen molar-refractivity contribution in [2.45, 2.75) is 45.7 Å². The van der Waals surface area contributed by atoms with E-state index in [4.69, 9.17) is 5.73 Å². The van der Waals surface area contributed by atoms with E-state index in [2.05, 4.69) is 23.4 Å². The van der Waals surface area contributed by atoms with E-state index in [1.807, 2.05) is 6.20 Å². The average molecular weight is 193 g/mol. The predicted octanol–water partition coefficient (Wildman–Crippen LogP) is 1.36. The first-order valence-electron chi connectivity index (χ1n) is 5.45. The highest BCUT2D eigenvalue weighted by Crippen LogP contribution is 2.17. The second-order valence-corrected chi connectivity index (χ2v) is 4.67. The first kappa shape index (κ1) is 9.71. The monoisotopic (exact) mass is 193 g/mol. The van der Waals surface area contributed by atoms with Gasteiger partial charge >= 0.3 is 0 Å². The highest BCUT2D eigenvalue weighted by atomic mass is 15.1. The van der Waals surface area contributed by atoms with Crippen LogP contribution in [0.4, 0.5) is 0 Å². The van der Waals surface area contributed by atoms with Crippen LogP contribution in [0.25, 0.3) is 0 Å². The van der Waals surface area contributed by atoms with E-state index in [1.165, 1.54) is 11.5 Å². The standard InChI is InChI=1S/C11H19N3/c1-8(2)5-11-13-7-10-6-9(12)3-4-14(10)11/h7-9H,3-6,12H2,1-2H3. The molecular weight excluding hydrogens is 174 g/mol. The lowest BCUT2D eigenvalue weighted by atomic mass is 10.0. The Balaban J connectivity index is 2.20. The maximum atomic E-state index is 5.92. The van der Waals surface area contributed by atoms with Crippen LogP contribution in [0.3, 0.4) is 0 Å². The number of hydrogen-bond donors (Lipinski definition) is 1. The molecule has 1 aromatic rings. The summed E-state index contributed by atoms with van der Waals surface area (Å²) in [6.07, 6.45) is 5.16. The molecule has 2 heterocycles. The van der Waals surface area contributed by atoms with Gasteiger partial charge in [-0.05, 0) is 12.3 Å². The van der Waals surface area contributed by atoms with Gasteiger partial charge in [0, 0.05) is 37.3 Å². The van der Waals surface area contributed by atoms with Crippen molar-refractivity contribution in [3.63, 3.8) is 0 Å². The van der Waals surface area contributed by atoms with Crippen LogP contribution in [0.15, 0.2) is 6.20 Å². The van der Waals surface area contributed by atoms with Crippen molar-refractivity contribution in [2.75, 3.05) is 0 Å². The molecule has 1 aliphatic heterocycles. The second kappa shape index (κ2) is 3.73. The first-order chi connectivity index (χ1) is 6.66. The molecule has 1 unspecified atom stereocenters. The number of nitrogens with zero attached hydrogens (tertiary/aromatic N) is 2. The number of imidazole rings is 1. The van der Waals surface area contributed by atoms with Crippen molar-refractivity contribution in [2.24, 2.45) is 11.7 Å². The van der Waals surface area contributed by atoms with Crippen LogP contribution in [0.1, 0.15) is 31.8 Å². The maximum Gasteiger partial charge on any atom is 0.109 e. The zero-order valence-corrected chi connectivity index (χ0v) is 9.03. The van der Waals surface area contributed by atoms with Gasteiger partial charge in [-0.1, -0.05) is 13.8 Å². The summed E-state index contributed by atoms with van der Waals surface area (Å²) in [4.78, 5) is 4.48. The number of hydrogen-bond acceptors (Lipinski definition) is 2. The zero-order valence-electron chi connectivity index (χ0n) is 9.03. The molecule has 0 amide bonds. The van der Waals surface area contributed by atoms with Gasteiger partial charge in [-0.25, -0.2) is 4.98 Å². The van der Waals surface area contributed by atoms with Crippen molar-refractivity contribution in [3.05, 3.63) is 17.7 Å². The number of aromatic nitrogens is 2. The molecule has 14 heavy (non-hydrogen) atoms. The van der Waals surface area contributed by atoms with E-state index in [9.17, 15) is 0 Å². The third-order valence-corrected chi connectivity index (χ3v) is 2.81. The molecule has 0 saturated carbocycles. The van der Waals surface area contributed by atoms with Gasteiger partial charge in [-0.2, -0.15) is 0 Å². The summed E-state index contributed by atoms with van der Waals surface area (Å²) >= 11 is 0. The van der Waals surface area contributed by atoms with E-state index >= 15 is 0 Å². The highest BCUT2D eigenvalue weighted by molar-refractivity contribution is 5.10. The Kier molecular flexibility index (Phi) is 2.59. The molecule has 0 spiro atoms. The summed E-state index contributed by atoms with van der Waals surface area (Å²) in [5, 5.41) is 0. The van der Waals surface area contributed by atoms with E-state index < -0.39 is 0 Å². The summed E-state index contributed by atoms with van der Waals surface area (Å²) in [5.74, 6) is 1.92. The quantitative estimate of drug-likeness (QED) is 0.770. The minimum absolute atomic E-state index is 0.339. The smallest absolute Gasteiger partial charge is 0.109 e. The number of nitrogens with two attached hydrogens (primary N) is 1. The van der Waals surface area contributed by atoms with Gasteiger partial charge in [0.2, 0.25) is 0 Å². The molecule has 0 saturated heterocycles. The predicted molar refractivity (Wildman–Crippen MR) is 57.1 cm³/mol. The molecule has 1 aromatic heterocycles. The van der Waals surface area contributed by atoms with Gasteiger partial charge in [-0.15, -0.1) is 0 Å². The molecule has 1 atom stereocenters. The summed E-state index contributed by atoms with van der Waals surface area (Å²) in [6, 6.07) is 0.339. The van der Waals surface area contributed by atoms with Gasteiger partial charge in [0.15, 0.2) is 0 Å². The molecule has 0 bridgehead atoms. The lowest BCUT2D eigenvalue weighted by Crippen LogP contribution is -2.31. The van der Waals surface area contributed by atoms with E-state index in [1.54, 1.807) is 0 Å². The van der Waals surface area contributed by atoms with Gasteiger partial charge < -0.3 is 10.3 Å². The Bertz CT molecular complexity index is 314. The average Bonchev–Trinajstić information content (AvgIpc) is 2.47. The SMILES string of the molecule is CC(C)Cc1ncc2n1CCC(N)C2. The highest BCUT2D eigenvalue weighted by Gasteiger charge is 2.18. The maximum absolute atomic E-state index is 5.92. The fourth-order valence-electron chi connectivity index (χ4n) is 2.08. The van der Waals surface area contributed by atoms with Crippen molar-refractivity contribution < 1.29 is 0 Å². The number of fused-ring (bicyclic) bond motifs is 1. The molecular formula is C11H19N3. The molecule has 78 valence electrons. The Hall–Kier alpha value is -0.830. The summed E-state index contributed by atoms with van der Waals surface area (Å²) in [5.41, 5.74) is 7.24. The summed E-state index contributed by atoms with van der Waals surface area (Å²) in [6.45, 7) is 5.52. The van der Waals surface area contributed by atoms with Gasteiger partial charge in [-0.3, -0.25) is 0 Å². The first-order valence-corrected chi connectivity index (χ1v) is 5.45. The van der Waals surface area contributed by atoms with Crippen molar-refractivity contribution in [1.29, 1.82) is 0 Å².